The lowest BCUT2D eigenvalue weighted by Crippen LogP contribution is -2.29. The quantitative estimate of drug-likeness (QED) is 0.566. The molecule has 0 bridgehead atoms. The van der Waals surface area contributed by atoms with Crippen molar-refractivity contribution in [1.82, 2.24) is 10.2 Å². The highest BCUT2D eigenvalue weighted by atomic mass is 32.2. The van der Waals surface area contributed by atoms with Crippen LogP contribution in [-0.4, -0.2) is 34.9 Å². The number of piperidine rings is 1. The molecular weight excluding hydrogens is 399 g/mol. The molecule has 1 N–H and O–H groups in total. The van der Waals surface area contributed by atoms with E-state index >= 15 is 0 Å². The van der Waals surface area contributed by atoms with Crippen molar-refractivity contribution in [2.75, 3.05) is 29.1 Å². The van der Waals surface area contributed by atoms with Crippen molar-refractivity contribution in [2.24, 2.45) is 0 Å². The summed E-state index contributed by atoms with van der Waals surface area (Å²) in [7, 11) is 0. The molecule has 154 valence electrons. The van der Waals surface area contributed by atoms with E-state index in [1.54, 1.807) is 0 Å². The molecule has 0 unspecified atom stereocenters. The Labute approximate surface area is 179 Å². The Morgan fingerprint density at radius 2 is 1.67 bits per heavy atom. The van der Waals surface area contributed by atoms with Gasteiger partial charge in [-0.25, -0.2) is 4.39 Å². The van der Waals surface area contributed by atoms with Crippen molar-refractivity contribution in [2.45, 2.75) is 24.3 Å². The van der Waals surface area contributed by atoms with Crippen LogP contribution in [0.1, 0.15) is 19.3 Å². The van der Waals surface area contributed by atoms with Crippen LogP contribution in [0.3, 0.4) is 0 Å². The summed E-state index contributed by atoms with van der Waals surface area (Å²) >= 11 is 1.31. The molecule has 2 heterocycles. The molecule has 3 aromatic rings. The van der Waals surface area contributed by atoms with E-state index < -0.39 is 0 Å². The van der Waals surface area contributed by atoms with Crippen molar-refractivity contribution < 1.29 is 9.18 Å². The molecule has 4 rings (SSSR count). The third-order valence-corrected chi connectivity index (χ3v) is 5.92. The summed E-state index contributed by atoms with van der Waals surface area (Å²) in [6.07, 6.45) is 3.84. The van der Waals surface area contributed by atoms with Crippen molar-refractivity contribution in [1.29, 1.82) is 0 Å². The normalized spacial score (nSPS) is 13.8. The first-order valence-corrected chi connectivity index (χ1v) is 11.0. The third-order valence-electron chi connectivity index (χ3n) is 5.00. The molecule has 1 aliphatic heterocycles. The predicted octanol–water partition coefficient (Wildman–Crippen LogP) is 5.00. The predicted molar refractivity (Wildman–Crippen MR) is 119 cm³/mol. The first kappa shape index (κ1) is 20.3. The summed E-state index contributed by atoms with van der Waals surface area (Å²) in [5.74, 6) is -0.305. The first-order chi connectivity index (χ1) is 14.7. The van der Waals surface area contributed by atoms with Gasteiger partial charge in [0.1, 0.15) is 10.8 Å². The molecule has 2 aromatic carbocycles. The van der Waals surface area contributed by atoms with Gasteiger partial charge in [0.05, 0.1) is 11.4 Å². The molecule has 1 fully saturated rings. The number of carbonyl (C=O) groups excluding carboxylic acids is 1. The minimum atomic E-state index is -0.334. The number of anilines is 2. The summed E-state index contributed by atoms with van der Waals surface area (Å²) in [5.41, 5.74) is 3.65. The molecule has 5 nitrogen and oxygen atoms in total. The lowest BCUT2D eigenvalue weighted by Gasteiger charge is -2.28. The van der Waals surface area contributed by atoms with Crippen LogP contribution in [0, 0.1) is 5.82 Å². The fourth-order valence-corrected chi connectivity index (χ4v) is 4.03. The van der Waals surface area contributed by atoms with Gasteiger partial charge >= 0.3 is 0 Å². The van der Waals surface area contributed by atoms with E-state index in [9.17, 15) is 9.18 Å². The fraction of sp³-hybridized carbons (Fsp3) is 0.261. The second-order valence-electron chi connectivity index (χ2n) is 7.20. The van der Waals surface area contributed by atoms with Crippen LogP contribution in [0.4, 0.5) is 15.8 Å². The van der Waals surface area contributed by atoms with Crippen LogP contribution >= 0.6 is 11.8 Å². The first-order valence-electron chi connectivity index (χ1n) is 10.0. The third kappa shape index (κ3) is 5.36. The Morgan fingerprint density at radius 3 is 2.33 bits per heavy atom. The van der Waals surface area contributed by atoms with E-state index in [0.717, 1.165) is 24.3 Å². The smallest absolute Gasteiger partial charge is 0.234 e. The molecule has 0 aliphatic carbocycles. The van der Waals surface area contributed by atoms with Crippen LogP contribution < -0.4 is 10.2 Å². The maximum Gasteiger partial charge on any atom is 0.234 e. The lowest BCUT2D eigenvalue weighted by molar-refractivity contribution is -0.113. The van der Waals surface area contributed by atoms with E-state index in [-0.39, 0.29) is 17.5 Å². The van der Waals surface area contributed by atoms with Crippen LogP contribution in [0.15, 0.2) is 65.7 Å². The number of nitrogens with zero attached hydrogens (tertiary/aromatic N) is 3. The standard InChI is InChI=1S/C23H23FN4OS/c24-18-6-8-19(9-7-18)25-22(29)16-30-23-13-12-21(26-27-23)17-4-10-20(11-5-17)28-14-2-1-3-15-28/h4-13H,1-3,14-16H2,(H,25,29). The zero-order valence-corrected chi connectivity index (χ0v) is 17.4. The summed E-state index contributed by atoms with van der Waals surface area (Å²) in [5, 5.41) is 11.9. The Kier molecular flexibility index (Phi) is 6.59. The van der Waals surface area contributed by atoms with Gasteiger partial charge in [-0.15, -0.1) is 10.2 Å². The molecule has 1 saturated heterocycles. The molecule has 7 heteroatoms. The molecular formula is C23H23FN4OS. The average molecular weight is 423 g/mol. The Bertz CT molecular complexity index is 972. The lowest BCUT2D eigenvalue weighted by atomic mass is 10.1. The van der Waals surface area contributed by atoms with Gasteiger partial charge in [-0.2, -0.15) is 0 Å². The highest BCUT2D eigenvalue weighted by Crippen LogP contribution is 2.25. The largest absolute Gasteiger partial charge is 0.372 e. The van der Waals surface area contributed by atoms with Gasteiger partial charge in [-0.3, -0.25) is 4.79 Å². The zero-order chi connectivity index (χ0) is 20.8. The number of benzene rings is 2. The van der Waals surface area contributed by atoms with Crippen LogP contribution in [0.5, 0.6) is 0 Å². The molecule has 0 saturated carbocycles. The van der Waals surface area contributed by atoms with Crippen molar-refractivity contribution in [3.05, 3.63) is 66.5 Å². The van der Waals surface area contributed by atoms with Gasteiger partial charge < -0.3 is 10.2 Å². The minimum Gasteiger partial charge on any atom is -0.372 e. The highest BCUT2D eigenvalue weighted by molar-refractivity contribution is 7.99. The van der Waals surface area contributed by atoms with Gasteiger partial charge in [0.15, 0.2) is 0 Å². The molecule has 1 amide bonds. The Balaban J connectivity index is 1.31. The second-order valence-corrected chi connectivity index (χ2v) is 8.19. The minimum absolute atomic E-state index is 0.175. The maximum atomic E-state index is 12.9. The number of thioether (sulfide) groups is 1. The van der Waals surface area contributed by atoms with Gasteiger partial charge in [0.25, 0.3) is 0 Å². The number of carbonyl (C=O) groups is 1. The topological polar surface area (TPSA) is 58.1 Å². The van der Waals surface area contributed by atoms with Crippen molar-refractivity contribution >= 4 is 29.0 Å². The van der Waals surface area contributed by atoms with E-state index in [1.807, 2.05) is 12.1 Å². The molecule has 0 spiro atoms. The van der Waals surface area contributed by atoms with Gasteiger partial charge in [0.2, 0.25) is 5.91 Å². The van der Waals surface area contributed by atoms with E-state index in [1.165, 1.54) is 61.0 Å². The Hall–Kier alpha value is -2.93. The molecule has 30 heavy (non-hydrogen) atoms. The number of rotatable bonds is 6. The number of halogens is 1. The summed E-state index contributed by atoms with van der Waals surface area (Å²) in [4.78, 5) is 14.5. The SMILES string of the molecule is O=C(CSc1ccc(-c2ccc(N3CCCCC3)cc2)nn1)Nc1ccc(F)cc1. The molecule has 1 aromatic heterocycles. The van der Waals surface area contributed by atoms with Gasteiger partial charge in [0, 0.05) is 30.0 Å². The second kappa shape index (κ2) is 9.71. The van der Waals surface area contributed by atoms with Gasteiger partial charge in [-0.1, -0.05) is 23.9 Å². The van der Waals surface area contributed by atoms with Crippen molar-refractivity contribution in [3.8, 4) is 11.3 Å². The van der Waals surface area contributed by atoms with Crippen LogP contribution in [-0.2, 0) is 4.79 Å². The Morgan fingerprint density at radius 1 is 0.933 bits per heavy atom. The zero-order valence-electron chi connectivity index (χ0n) is 16.6. The molecule has 0 atom stereocenters. The fourth-order valence-electron chi connectivity index (χ4n) is 3.42. The molecule has 1 aliphatic rings. The monoisotopic (exact) mass is 422 g/mol. The summed E-state index contributed by atoms with van der Waals surface area (Å²) in [6, 6.07) is 17.9. The van der Waals surface area contributed by atoms with E-state index in [4.69, 9.17) is 0 Å². The summed E-state index contributed by atoms with van der Waals surface area (Å²) < 4.78 is 12.9. The van der Waals surface area contributed by atoms with Crippen LogP contribution in [0.2, 0.25) is 0 Å². The van der Waals surface area contributed by atoms with Crippen LogP contribution in [0.25, 0.3) is 11.3 Å². The number of amides is 1. The van der Waals surface area contributed by atoms with Gasteiger partial charge in [-0.05, 0) is 67.8 Å². The highest BCUT2D eigenvalue weighted by Gasteiger charge is 2.11. The average Bonchev–Trinajstić information content (AvgIpc) is 2.80. The van der Waals surface area contributed by atoms with E-state index in [2.05, 4.69) is 44.7 Å². The number of hydrogen-bond acceptors (Lipinski definition) is 5. The van der Waals surface area contributed by atoms with Crippen molar-refractivity contribution in [3.63, 3.8) is 0 Å². The number of aromatic nitrogens is 2. The number of hydrogen-bond donors (Lipinski definition) is 1. The number of nitrogens with one attached hydrogen (secondary N) is 1. The molecule has 0 radical (unpaired) electrons. The van der Waals surface area contributed by atoms with E-state index in [0.29, 0.717) is 10.7 Å². The summed E-state index contributed by atoms with van der Waals surface area (Å²) in [6.45, 7) is 2.25. The maximum absolute atomic E-state index is 12.9.